The van der Waals surface area contributed by atoms with E-state index in [1.54, 1.807) is 17.8 Å². The van der Waals surface area contributed by atoms with Gasteiger partial charge in [-0.3, -0.25) is 0 Å². The van der Waals surface area contributed by atoms with Crippen molar-refractivity contribution in [2.45, 2.75) is 13.1 Å². The molecule has 0 amide bonds. The Hall–Kier alpha value is -1.98. The summed E-state index contributed by atoms with van der Waals surface area (Å²) in [4.78, 5) is 0. The molecule has 1 aromatic heterocycles. The molecule has 18 heavy (non-hydrogen) atoms. The molecule has 0 spiro atoms. The molecule has 2 rings (SSSR count). The maximum absolute atomic E-state index is 12.7. The van der Waals surface area contributed by atoms with Crippen molar-refractivity contribution in [2.75, 3.05) is 0 Å². The van der Waals surface area contributed by atoms with E-state index in [0.717, 1.165) is 12.1 Å². The van der Waals surface area contributed by atoms with Crippen molar-refractivity contribution in [3.05, 3.63) is 35.5 Å². The number of oxime groups is 1. The third-order valence-electron chi connectivity index (χ3n) is 2.86. The zero-order valence-corrected chi connectivity index (χ0v) is 9.78. The van der Waals surface area contributed by atoms with Gasteiger partial charge in [-0.2, -0.15) is 13.2 Å². The van der Waals surface area contributed by atoms with Crippen molar-refractivity contribution in [1.82, 2.24) is 4.57 Å². The molecule has 0 saturated carbocycles. The summed E-state index contributed by atoms with van der Waals surface area (Å²) in [6.07, 6.45) is -2.74. The molecule has 1 heterocycles. The van der Waals surface area contributed by atoms with Crippen molar-refractivity contribution in [3.63, 3.8) is 0 Å². The summed E-state index contributed by atoms with van der Waals surface area (Å²) in [5.74, 6) is 0. The lowest BCUT2D eigenvalue weighted by Crippen LogP contribution is -2.04. The summed E-state index contributed by atoms with van der Waals surface area (Å²) in [6, 6.07) is 3.52. The van der Waals surface area contributed by atoms with Crippen molar-refractivity contribution in [1.29, 1.82) is 0 Å². The zero-order valence-electron chi connectivity index (χ0n) is 9.78. The van der Waals surface area contributed by atoms with Crippen LogP contribution in [0.15, 0.2) is 29.6 Å². The van der Waals surface area contributed by atoms with Crippen molar-refractivity contribution >= 4 is 16.6 Å². The molecule has 0 saturated heterocycles. The quantitative estimate of drug-likeness (QED) is 0.474. The second-order valence-electron chi connectivity index (χ2n) is 4.07. The Morgan fingerprint density at radius 3 is 2.56 bits per heavy atom. The van der Waals surface area contributed by atoms with E-state index in [0.29, 0.717) is 16.5 Å². The molecule has 0 aliphatic carbocycles. The summed E-state index contributed by atoms with van der Waals surface area (Å²) in [5.41, 5.74) is 0.704. The summed E-state index contributed by atoms with van der Waals surface area (Å²) in [7, 11) is 1.73. The van der Waals surface area contributed by atoms with Gasteiger partial charge in [0.2, 0.25) is 0 Å². The Morgan fingerprint density at radius 1 is 1.33 bits per heavy atom. The Balaban J connectivity index is 2.75. The van der Waals surface area contributed by atoms with Crippen LogP contribution in [0, 0.1) is 0 Å². The molecule has 0 aliphatic heterocycles. The molecule has 96 valence electrons. The van der Waals surface area contributed by atoms with Gasteiger partial charge in [-0.25, -0.2) is 0 Å². The topological polar surface area (TPSA) is 37.5 Å². The van der Waals surface area contributed by atoms with Gasteiger partial charge < -0.3 is 9.77 Å². The maximum Gasteiger partial charge on any atom is 0.416 e. The largest absolute Gasteiger partial charge is 0.416 e. The van der Waals surface area contributed by atoms with E-state index in [4.69, 9.17) is 5.21 Å². The van der Waals surface area contributed by atoms with Crippen LogP contribution in [0.25, 0.3) is 10.9 Å². The first-order valence-corrected chi connectivity index (χ1v) is 5.20. The van der Waals surface area contributed by atoms with Gasteiger partial charge in [0.1, 0.15) is 0 Å². The van der Waals surface area contributed by atoms with E-state index < -0.39 is 11.7 Å². The van der Waals surface area contributed by atoms with Crippen LogP contribution in [0.5, 0.6) is 0 Å². The smallest absolute Gasteiger partial charge is 0.411 e. The second-order valence-corrected chi connectivity index (χ2v) is 4.07. The van der Waals surface area contributed by atoms with Crippen LogP contribution in [-0.2, 0) is 13.2 Å². The number of alkyl halides is 3. The number of fused-ring (bicyclic) bond motifs is 1. The fourth-order valence-electron chi connectivity index (χ4n) is 1.91. The van der Waals surface area contributed by atoms with Gasteiger partial charge in [-0.1, -0.05) is 5.16 Å². The number of hydrogen-bond donors (Lipinski definition) is 1. The third-order valence-corrected chi connectivity index (χ3v) is 2.86. The van der Waals surface area contributed by atoms with Crippen LogP contribution >= 0.6 is 0 Å². The molecule has 0 radical (unpaired) electrons. The Kier molecular flexibility index (Phi) is 2.80. The number of aryl methyl sites for hydroxylation is 1. The Bertz CT molecular complexity index is 626. The van der Waals surface area contributed by atoms with Gasteiger partial charge in [-0.15, -0.1) is 0 Å². The minimum Gasteiger partial charge on any atom is -0.411 e. The number of halogens is 3. The van der Waals surface area contributed by atoms with Gasteiger partial charge in [0, 0.05) is 29.7 Å². The van der Waals surface area contributed by atoms with E-state index in [-0.39, 0.29) is 5.71 Å². The normalized spacial score (nSPS) is 13.3. The van der Waals surface area contributed by atoms with E-state index in [1.807, 2.05) is 0 Å². The molecule has 0 aliphatic rings. The molecule has 1 aromatic carbocycles. The van der Waals surface area contributed by atoms with Gasteiger partial charge in [0.05, 0.1) is 11.3 Å². The monoisotopic (exact) mass is 256 g/mol. The molecule has 0 bridgehead atoms. The number of benzene rings is 1. The molecular weight excluding hydrogens is 245 g/mol. The highest BCUT2D eigenvalue weighted by molar-refractivity contribution is 6.09. The Morgan fingerprint density at radius 2 is 2.00 bits per heavy atom. The minimum atomic E-state index is -4.38. The van der Waals surface area contributed by atoms with E-state index in [2.05, 4.69) is 5.16 Å². The first-order valence-electron chi connectivity index (χ1n) is 5.20. The predicted molar refractivity (Wildman–Crippen MR) is 61.9 cm³/mol. The van der Waals surface area contributed by atoms with Crippen molar-refractivity contribution in [2.24, 2.45) is 12.2 Å². The average molecular weight is 256 g/mol. The van der Waals surface area contributed by atoms with E-state index >= 15 is 0 Å². The van der Waals surface area contributed by atoms with Crippen LogP contribution in [0.4, 0.5) is 13.2 Å². The molecule has 0 unspecified atom stereocenters. The fourth-order valence-corrected chi connectivity index (χ4v) is 1.91. The summed E-state index contributed by atoms with van der Waals surface area (Å²) in [5, 5.41) is 12.2. The number of hydrogen-bond acceptors (Lipinski definition) is 2. The molecule has 2 aromatic rings. The molecule has 0 fully saturated rings. The molecule has 6 heteroatoms. The van der Waals surface area contributed by atoms with Crippen LogP contribution in [-0.4, -0.2) is 15.5 Å². The standard InChI is InChI=1S/C12H11F3N2O/c1-7(16-18)10-6-17(2)11-4-3-8(5-9(10)11)12(13,14)15/h3-6,18H,1-2H3/b16-7+. The first kappa shape index (κ1) is 12.5. The summed E-state index contributed by atoms with van der Waals surface area (Å²) >= 11 is 0. The second kappa shape index (κ2) is 4.04. The van der Waals surface area contributed by atoms with Crippen LogP contribution < -0.4 is 0 Å². The fraction of sp³-hybridized carbons (Fsp3) is 0.250. The van der Waals surface area contributed by atoms with Crippen molar-refractivity contribution in [3.8, 4) is 0 Å². The lowest BCUT2D eigenvalue weighted by Gasteiger charge is -2.07. The van der Waals surface area contributed by atoms with Gasteiger partial charge >= 0.3 is 6.18 Å². The molecule has 3 nitrogen and oxygen atoms in total. The van der Waals surface area contributed by atoms with Gasteiger partial charge in [0.15, 0.2) is 0 Å². The predicted octanol–water partition coefficient (Wildman–Crippen LogP) is 3.40. The molecule has 0 atom stereocenters. The van der Waals surface area contributed by atoms with E-state index in [9.17, 15) is 13.2 Å². The first-order chi connectivity index (χ1) is 8.34. The average Bonchev–Trinajstić information content (AvgIpc) is 2.64. The van der Waals surface area contributed by atoms with Gasteiger partial charge in [0.25, 0.3) is 0 Å². The van der Waals surface area contributed by atoms with Gasteiger partial charge in [-0.05, 0) is 25.1 Å². The summed E-state index contributed by atoms with van der Waals surface area (Å²) < 4.78 is 39.6. The summed E-state index contributed by atoms with van der Waals surface area (Å²) in [6.45, 7) is 1.54. The third kappa shape index (κ3) is 1.94. The molecule has 1 N–H and O–H groups in total. The molecular formula is C12H11F3N2O. The van der Waals surface area contributed by atoms with Crippen molar-refractivity contribution < 1.29 is 18.4 Å². The van der Waals surface area contributed by atoms with E-state index in [1.165, 1.54) is 13.0 Å². The zero-order chi connectivity index (χ0) is 13.5. The maximum atomic E-state index is 12.7. The number of nitrogens with zero attached hydrogens (tertiary/aromatic N) is 2. The highest BCUT2D eigenvalue weighted by Gasteiger charge is 2.31. The Labute approximate surface area is 101 Å². The van der Waals surface area contributed by atoms with Crippen LogP contribution in [0.1, 0.15) is 18.1 Å². The number of rotatable bonds is 1. The number of aromatic nitrogens is 1. The highest BCUT2D eigenvalue weighted by Crippen LogP contribution is 2.33. The highest BCUT2D eigenvalue weighted by atomic mass is 19.4. The lowest BCUT2D eigenvalue weighted by molar-refractivity contribution is -0.137. The van der Waals surface area contributed by atoms with Crippen LogP contribution in [0.3, 0.4) is 0 Å². The minimum absolute atomic E-state index is 0.278. The van der Waals surface area contributed by atoms with Crippen LogP contribution in [0.2, 0.25) is 0 Å². The SMILES string of the molecule is C/C(=N\O)c1cn(C)c2ccc(C(F)(F)F)cc12. The lowest BCUT2D eigenvalue weighted by atomic mass is 10.1.